The van der Waals surface area contributed by atoms with Gasteiger partial charge in [0.15, 0.2) is 0 Å². The number of nitrogens with zero attached hydrogens (tertiary/aromatic N) is 2. The molecule has 0 aliphatic heterocycles. The summed E-state index contributed by atoms with van der Waals surface area (Å²) in [6.45, 7) is 7.95. The molecule has 1 aliphatic rings. The van der Waals surface area contributed by atoms with Gasteiger partial charge in [-0.05, 0) is 25.7 Å². The van der Waals surface area contributed by atoms with E-state index in [0.29, 0.717) is 36.7 Å². The summed E-state index contributed by atoms with van der Waals surface area (Å²) in [7, 11) is 0. The smallest absolute Gasteiger partial charge is 0.221 e. The van der Waals surface area contributed by atoms with E-state index in [-0.39, 0.29) is 0 Å². The summed E-state index contributed by atoms with van der Waals surface area (Å²) in [6.07, 6.45) is 2.30. The van der Waals surface area contributed by atoms with Crippen LogP contribution < -0.4 is 10.5 Å². The Balaban J connectivity index is 1.88. The lowest BCUT2D eigenvalue weighted by molar-refractivity contribution is 0.0803. The highest BCUT2D eigenvalue weighted by Crippen LogP contribution is 2.39. The molecule has 1 aromatic heterocycles. The number of hydrogen-bond donors (Lipinski definition) is 1. The predicted octanol–water partition coefficient (Wildman–Crippen LogP) is 2.30. The molecule has 0 bridgehead atoms. The summed E-state index contributed by atoms with van der Waals surface area (Å²) < 4.78 is 11.1. The quantitative estimate of drug-likeness (QED) is 0.766. The Morgan fingerprint density at radius 3 is 2.63 bits per heavy atom. The highest BCUT2D eigenvalue weighted by atomic mass is 16.5. The van der Waals surface area contributed by atoms with Crippen LogP contribution in [-0.2, 0) is 4.74 Å². The molecular formula is C14H23N3O2. The van der Waals surface area contributed by atoms with E-state index in [1.165, 1.54) is 0 Å². The minimum absolute atomic E-state index is 0.474. The first-order valence-electron chi connectivity index (χ1n) is 6.92. The van der Waals surface area contributed by atoms with Crippen molar-refractivity contribution >= 4 is 5.82 Å². The molecule has 0 radical (unpaired) electrons. The van der Waals surface area contributed by atoms with Crippen LogP contribution in [-0.4, -0.2) is 29.8 Å². The lowest BCUT2D eigenvalue weighted by Crippen LogP contribution is -2.13. The van der Waals surface area contributed by atoms with E-state index in [4.69, 9.17) is 15.2 Å². The fourth-order valence-electron chi connectivity index (χ4n) is 1.71. The maximum absolute atomic E-state index is 5.89. The van der Waals surface area contributed by atoms with E-state index >= 15 is 0 Å². The molecule has 1 aromatic rings. The van der Waals surface area contributed by atoms with Gasteiger partial charge in [0.1, 0.15) is 18.2 Å². The first-order valence-corrected chi connectivity index (χ1v) is 6.92. The molecule has 0 unspecified atom stereocenters. The molecule has 5 nitrogen and oxygen atoms in total. The zero-order valence-corrected chi connectivity index (χ0v) is 12.0. The van der Waals surface area contributed by atoms with Crippen LogP contribution in [0.25, 0.3) is 0 Å². The van der Waals surface area contributed by atoms with Crippen LogP contribution in [0.3, 0.4) is 0 Å². The Labute approximate surface area is 114 Å². The van der Waals surface area contributed by atoms with E-state index in [2.05, 4.69) is 23.8 Å². The van der Waals surface area contributed by atoms with E-state index in [1.54, 1.807) is 0 Å². The number of anilines is 1. The van der Waals surface area contributed by atoms with Crippen molar-refractivity contribution in [1.82, 2.24) is 9.97 Å². The fraction of sp³-hybridized carbons (Fsp3) is 0.714. The van der Waals surface area contributed by atoms with Gasteiger partial charge in [0.25, 0.3) is 0 Å². The number of ether oxygens (including phenoxy) is 2. The van der Waals surface area contributed by atoms with Gasteiger partial charge < -0.3 is 15.2 Å². The van der Waals surface area contributed by atoms with Gasteiger partial charge in [0, 0.05) is 12.5 Å². The molecule has 0 aromatic carbocycles. The molecule has 1 saturated carbocycles. The minimum atomic E-state index is 0.474. The Kier molecular flexibility index (Phi) is 4.58. The van der Waals surface area contributed by atoms with Crippen molar-refractivity contribution in [1.29, 1.82) is 0 Å². The molecule has 106 valence electrons. The molecule has 0 atom stereocenters. The van der Waals surface area contributed by atoms with Crippen molar-refractivity contribution in [2.45, 2.75) is 39.5 Å². The van der Waals surface area contributed by atoms with Gasteiger partial charge in [-0.3, -0.25) is 0 Å². The van der Waals surface area contributed by atoms with Gasteiger partial charge in [0.05, 0.1) is 12.2 Å². The van der Waals surface area contributed by atoms with Gasteiger partial charge in [-0.2, -0.15) is 4.98 Å². The van der Waals surface area contributed by atoms with Crippen LogP contribution in [0.15, 0.2) is 0 Å². The molecule has 0 amide bonds. The van der Waals surface area contributed by atoms with Gasteiger partial charge in [0.2, 0.25) is 5.88 Å². The van der Waals surface area contributed by atoms with Crippen molar-refractivity contribution in [2.24, 2.45) is 5.92 Å². The van der Waals surface area contributed by atoms with Crippen LogP contribution in [0.4, 0.5) is 5.82 Å². The summed E-state index contributed by atoms with van der Waals surface area (Å²) in [6, 6.07) is 0. The Bertz CT molecular complexity index is 431. The minimum Gasteiger partial charge on any atom is -0.475 e. The van der Waals surface area contributed by atoms with Crippen LogP contribution in [0, 0.1) is 12.8 Å². The highest BCUT2D eigenvalue weighted by molar-refractivity contribution is 5.45. The standard InChI is InChI=1S/C14H23N3O2/c1-9(2)8-18-6-7-19-14-10(3)12(15)16-13(17-14)11-4-5-11/h9,11H,4-8H2,1-3H3,(H2,15,16,17). The SMILES string of the molecule is Cc1c(N)nc(C2CC2)nc1OCCOCC(C)C. The molecule has 1 fully saturated rings. The Morgan fingerprint density at radius 2 is 2.00 bits per heavy atom. The molecule has 0 spiro atoms. The van der Waals surface area contributed by atoms with Crippen LogP contribution >= 0.6 is 0 Å². The molecule has 2 rings (SSSR count). The average molecular weight is 265 g/mol. The first-order chi connectivity index (χ1) is 9.08. The fourth-order valence-corrected chi connectivity index (χ4v) is 1.71. The second-order valence-electron chi connectivity index (χ2n) is 5.49. The predicted molar refractivity (Wildman–Crippen MR) is 74.3 cm³/mol. The molecule has 5 heteroatoms. The lowest BCUT2D eigenvalue weighted by Gasteiger charge is -2.12. The summed E-state index contributed by atoms with van der Waals surface area (Å²) in [5.74, 6) is 2.96. The number of nitrogens with two attached hydrogens (primary N) is 1. The van der Waals surface area contributed by atoms with Crippen molar-refractivity contribution in [3.05, 3.63) is 11.4 Å². The first kappa shape index (κ1) is 14.1. The third-order valence-electron chi connectivity index (χ3n) is 3.02. The Morgan fingerprint density at radius 1 is 1.26 bits per heavy atom. The zero-order chi connectivity index (χ0) is 13.8. The second-order valence-corrected chi connectivity index (χ2v) is 5.49. The summed E-state index contributed by atoms with van der Waals surface area (Å²) in [5.41, 5.74) is 6.71. The summed E-state index contributed by atoms with van der Waals surface area (Å²) in [5, 5.41) is 0. The van der Waals surface area contributed by atoms with Crippen molar-refractivity contribution in [3.63, 3.8) is 0 Å². The number of nitrogen functional groups attached to an aromatic ring is 1. The van der Waals surface area contributed by atoms with Gasteiger partial charge >= 0.3 is 0 Å². The van der Waals surface area contributed by atoms with E-state index in [0.717, 1.165) is 30.8 Å². The second kappa shape index (κ2) is 6.19. The van der Waals surface area contributed by atoms with E-state index in [1.807, 2.05) is 6.92 Å². The molecule has 1 aliphatic carbocycles. The van der Waals surface area contributed by atoms with E-state index in [9.17, 15) is 0 Å². The Hall–Kier alpha value is -1.36. The summed E-state index contributed by atoms with van der Waals surface area (Å²) in [4.78, 5) is 8.78. The molecular weight excluding hydrogens is 242 g/mol. The molecule has 1 heterocycles. The lowest BCUT2D eigenvalue weighted by atomic mass is 10.2. The van der Waals surface area contributed by atoms with Crippen LogP contribution in [0.5, 0.6) is 5.88 Å². The monoisotopic (exact) mass is 265 g/mol. The highest BCUT2D eigenvalue weighted by Gasteiger charge is 2.28. The van der Waals surface area contributed by atoms with Gasteiger partial charge in [-0.1, -0.05) is 13.8 Å². The zero-order valence-electron chi connectivity index (χ0n) is 12.0. The molecule has 19 heavy (non-hydrogen) atoms. The average Bonchev–Trinajstić information content (AvgIpc) is 3.17. The third-order valence-corrected chi connectivity index (χ3v) is 3.02. The molecule has 2 N–H and O–H groups in total. The number of rotatable bonds is 7. The van der Waals surface area contributed by atoms with Crippen LogP contribution in [0.1, 0.15) is 44.0 Å². The largest absolute Gasteiger partial charge is 0.475 e. The maximum Gasteiger partial charge on any atom is 0.221 e. The number of hydrogen-bond acceptors (Lipinski definition) is 5. The third kappa shape index (κ3) is 4.06. The van der Waals surface area contributed by atoms with Crippen molar-refractivity contribution < 1.29 is 9.47 Å². The van der Waals surface area contributed by atoms with E-state index < -0.39 is 0 Å². The maximum atomic E-state index is 5.89. The van der Waals surface area contributed by atoms with Gasteiger partial charge in [-0.25, -0.2) is 4.98 Å². The summed E-state index contributed by atoms with van der Waals surface area (Å²) >= 11 is 0. The van der Waals surface area contributed by atoms with Gasteiger partial charge in [-0.15, -0.1) is 0 Å². The van der Waals surface area contributed by atoms with Crippen LogP contribution in [0.2, 0.25) is 0 Å². The molecule has 0 saturated heterocycles. The van der Waals surface area contributed by atoms with Crippen molar-refractivity contribution in [2.75, 3.05) is 25.6 Å². The normalized spacial score (nSPS) is 14.9. The number of aromatic nitrogens is 2. The topological polar surface area (TPSA) is 70.3 Å². The van der Waals surface area contributed by atoms with Crippen molar-refractivity contribution in [3.8, 4) is 5.88 Å².